The summed E-state index contributed by atoms with van der Waals surface area (Å²) < 4.78 is 18.3. The zero-order valence-electron chi connectivity index (χ0n) is 20.6. The van der Waals surface area contributed by atoms with E-state index in [4.69, 9.17) is 14.2 Å². The number of aliphatic hydroxyl groups is 2. The summed E-state index contributed by atoms with van der Waals surface area (Å²) in [5, 5.41) is 22.3. The predicted octanol–water partition coefficient (Wildman–Crippen LogP) is 3.15. The first-order valence-electron chi connectivity index (χ1n) is 12.7. The van der Waals surface area contributed by atoms with Gasteiger partial charge in [0.05, 0.1) is 11.5 Å². The van der Waals surface area contributed by atoms with Crippen LogP contribution in [0.2, 0.25) is 0 Å². The summed E-state index contributed by atoms with van der Waals surface area (Å²) in [6.45, 7) is 10.2. The lowest BCUT2D eigenvalue weighted by molar-refractivity contribution is -0.196. The van der Waals surface area contributed by atoms with Gasteiger partial charge in [0.15, 0.2) is 12.1 Å². The molecule has 3 fully saturated rings. The zero-order valence-corrected chi connectivity index (χ0v) is 20.6. The van der Waals surface area contributed by atoms with Gasteiger partial charge < -0.3 is 24.4 Å². The number of ether oxygens (including phenoxy) is 3. The van der Waals surface area contributed by atoms with E-state index in [0.717, 1.165) is 30.4 Å². The average Bonchev–Trinajstić information content (AvgIpc) is 3.56. The number of rotatable bonds is 2. The minimum atomic E-state index is -1.22. The monoisotopic (exact) mass is 466 g/mol. The number of ketones is 1. The molecule has 3 aliphatic heterocycles. The van der Waals surface area contributed by atoms with Gasteiger partial charge in [-0.05, 0) is 87.1 Å². The first-order valence-corrected chi connectivity index (χ1v) is 12.7. The second kappa shape index (κ2) is 6.04. The topological polar surface area (TPSA) is 91.8 Å². The van der Waals surface area contributed by atoms with Crippen LogP contribution in [0, 0.1) is 5.92 Å². The van der Waals surface area contributed by atoms with Crippen LogP contribution in [0.25, 0.3) is 0 Å². The fraction of sp³-hybridized carbons (Fsp3) is 0.679. The molecule has 6 nitrogen and oxygen atoms in total. The normalized spacial score (nSPS) is 52.7. The molecule has 6 heteroatoms. The highest BCUT2D eigenvalue weighted by Gasteiger charge is 2.76. The molecule has 0 saturated carbocycles. The third-order valence-electron chi connectivity index (χ3n) is 10.8. The molecule has 7 rings (SSSR count). The summed E-state index contributed by atoms with van der Waals surface area (Å²) in [7, 11) is 0. The van der Waals surface area contributed by atoms with E-state index < -0.39 is 28.5 Å². The number of hydrogen-bond acceptors (Lipinski definition) is 6. The number of carbonyl (C=O) groups is 1. The summed E-state index contributed by atoms with van der Waals surface area (Å²) in [5.74, 6) is 0.451. The van der Waals surface area contributed by atoms with Gasteiger partial charge in [-0.2, -0.15) is 0 Å². The maximum Gasteiger partial charge on any atom is 0.186 e. The summed E-state index contributed by atoms with van der Waals surface area (Å²) >= 11 is 0. The molecule has 0 amide bonds. The van der Waals surface area contributed by atoms with Gasteiger partial charge in [-0.15, -0.1) is 0 Å². The van der Waals surface area contributed by atoms with Crippen molar-refractivity contribution >= 4 is 5.78 Å². The van der Waals surface area contributed by atoms with Crippen LogP contribution in [-0.4, -0.2) is 51.3 Å². The maximum atomic E-state index is 13.2. The molecule has 3 aliphatic carbocycles. The Bertz CT molecular complexity index is 1180. The van der Waals surface area contributed by atoms with Crippen molar-refractivity contribution in [3.63, 3.8) is 0 Å². The van der Waals surface area contributed by atoms with E-state index >= 15 is 0 Å². The molecule has 0 aromatic heterocycles. The highest BCUT2D eigenvalue weighted by atomic mass is 16.7. The van der Waals surface area contributed by atoms with E-state index in [1.54, 1.807) is 12.2 Å². The third kappa shape index (κ3) is 2.20. The predicted molar refractivity (Wildman–Crippen MR) is 123 cm³/mol. The van der Waals surface area contributed by atoms with Crippen LogP contribution in [0.1, 0.15) is 82.1 Å². The van der Waals surface area contributed by atoms with Crippen molar-refractivity contribution in [3.05, 3.63) is 46.5 Å². The number of hydrogen-bond donors (Lipinski definition) is 2. The first-order chi connectivity index (χ1) is 15.9. The molecule has 34 heavy (non-hydrogen) atoms. The van der Waals surface area contributed by atoms with E-state index in [2.05, 4.69) is 32.9 Å². The average molecular weight is 467 g/mol. The van der Waals surface area contributed by atoms with Gasteiger partial charge in [0, 0.05) is 6.42 Å². The standard InChI is InChI=1S/C28H34O6/c1-14(19-13-24(2)27(5,34-24)23(30)32-19)15-8-9-17-16(15)10-11-18-21(17)26(4)22(33-26)28(31)12-6-7-20(29)25(18,28)3/h6-7,10-11,14-15,19,22-23,30-31H,8-9,12-13H2,1-5H3. The lowest BCUT2D eigenvalue weighted by atomic mass is 9.54. The van der Waals surface area contributed by atoms with Crippen molar-refractivity contribution in [3.8, 4) is 0 Å². The SMILES string of the molecule is CC(C1CC2(C)OC2(C)C(O)O1)C1CCc2c1ccc1c2C2(C)OC2C2(O)CC=CC(=O)C12C. The van der Waals surface area contributed by atoms with E-state index in [1.807, 2.05) is 13.8 Å². The molecular formula is C28H34O6. The van der Waals surface area contributed by atoms with Gasteiger partial charge >= 0.3 is 0 Å². The Balaban J connectivity index is 1.29. The number of allylic oxidation sites excluding steroid dienone is 1. The summed E-state index contributed by atoms with van der Waals surface area (Å²) in [6.07, 6.45) is 5.14. The van der Waals surface area contributed by atoms with Crippen LogP contribution in [0.5, 0.6) is 0 Å². The first kappa shape index (κ1) is 21.7. The Morgan fingerprint density at radius 1 is 1.18 bits per heavy atom. The molecule has 0 radical (unpaired) electrons. The van der Waals surface area contributed by atoms with Crippen LogP contribution in [0.15, 0.2) is 24.3 Å². The van der Waals surface area contributed by atoms with Crippen LogP contribution >= 0.6 is 0 Å². The van der Waals surface area contributed by atoms with Crippen LogP contribution in [0.4, 0.5) is 0 Å². The quantitative estimate of drug-likeness (QED) is 0.651. The molecule has 1 aromatic carbocycles. The van der Waals surface area contributed by atoms with E-state index in [-0.39, 0.29) is 29.5 Å². The minimum Gasteiger partial charge on any atom is -0.385 e. The molecule has 0 bridgehead atoms. The van der Waals surface area contributed by atoms with Crippen LogP contribution < -0.4 is 0 Å². The highest BCUT2D eigenvalue weighted by molar-refractivity contribution is 6.02. The Morgan fingerprint density at radius 3 is 2.68 bits per heavy atom. The highest BCUT2D eigenvalue weighted by Crippen LogP contribution is 2.66. The van der Waals surface area contributed by atoms with Gasteiger partial charge in [-0.1, -0.05) is 25.1 Å². The van der Waals surface area contributed by atoms with Crippen molar-refractivity contribution in [2.75, 3.05) is 0 Å². The van der Waals surface area contributed by atoms with E-state index in [1.165, 1.54) is 11.1 Å². The molecule has 3 saturated heterocycles. The summed E-state index contributed by atoms with van der Waals surface area (Å²) in [4.78, 5) is 13.2. The second-order valence-corrected chi connectivity index (χ2v) is 12.4. The minimum absolute atomic E-state index is 0.0479. The number of aliphatic hydroxyl groups excluding tert-OH is 1. The van der Waals surface area contributed by atoms with Gasteiger partial charge in [0.25, 0.3) is 0 Å². The smallest absolute Gasteiger partial charge is 0.186 e. The molecule has 1 aromatic rings. The van der Waals surface area contributed by atoms with Gasteiger partial charge in [-0.3, -0.25) is 4.79 Å². The number of carbonyl (C=O) groups excluding carboxylic acids is 1. The molecule has 182 valence electrons. The van der Waals surface area contributed by atoms with Crippen molar-refractivity contribution in [1.29, 1.82) is 0 Å². The molecule has 3 heterocycles. The van der Waals surface area contributed by atoms with Crippen molar-refractivity contribution in [1.82, 2.24) is 0 Å². The molecule has 2 N–H and O–H groups in total. The fourth-order valence-corrected chi connectivity index (χ4v) is 8.18. The molecular weight excluding hydrogens is 432 g/mol. The second-order valence-electron chi connectivity index (χ2n) is 12.4. The molecule has 0 spiro atoms. The van der Waals surface area contributed by atoms with E-state index in [0.29, 0.717) is 12.3 Å². The van der Waals surface area contributed by atoms with Crippen molar-refractivity contribution < 1.29 is 29.2 Å². The Kier molecular flexibility index (Phi) is 3.85. The Morgan fingerprint density at radius 2 is 1.94 bits per heavy atom. The van der Waals surface area contributed by atoms with Gasteiger partial charge in [0.2, 0.25) is 0 Å². The van der Waals surface area contributed by atoms with Crippen molar-refractivity contribution in [2.45, 2.75) is 113 Å². The van der Waals surface area contributed by atoms with Crippen molar-refractivity contribution in [2.24, 2.45) is 5.92 Å². The Hall–Kier alpha value is -1.57. The summed E-state index contributed by atoms with van der Waals surface area (Å²) in [6, 6.07) is 4.24. The molecule has 10 unspecified atom stereocenters. The maximum absolute atomic E-state index is 13.2. The number of epoxide rings is 2. The van der Waals surface area contributed by atoms with Gasteiger partial charge in [0.1, 0.15) is 28.5 Å². The largest absolute Gasteiger partial charge is 0.385 e. The van der Waals surface area contributed by atoms with E-state index in [9.17, 15) is 15.0 Å². The fourth-order valence-electron chi connectivity index (χ4n) is 8.18. The lowest BCUT2D eigenvalue weighted by Crippen LogP contribution is -2.63. The summed E-state index contributed by atoms with van der Waals surface area (Å²) in [5.41, 5.74) is 0.888. The molecule has 6 aliphatic rings. The lowest BCUT2D eigenvalue weighted by Gasteiger charge is -2.49. The number of fused-ring (bicyclic) bond motifs is 9. The third-order valence-corrected chi connectivity index (χ3v) is 10.8. The number of benzene rings is 1. The van der Waals surface area contributed by atoms with Crippen LogP contribution in [0.3, 0.4) is 0 Å². The Labute approximate surface area is 200 Å². The zero-order chi connectivity index (χ0) is 24.1. The van der Waals surface area contributed by atoms with Crippen LogP contribution in [-0.2, 0) is 36.4 Å². The molecule has 10 atom stereocenters. The van der Waals surface area contributed by atoms with Gasteiger partial charge in [-0.25, -0.2) is 0 Å².